The van der Waals surface area contributed by atoms with Gasteiger partial charge in [0.2, 0.25) is 5.82 Å². The second-order valence-corrected chi connectivity index (χ2v) is 6.71. The molecule has 26 heavy (non-hydrogen) atoms. The molecule has 3 aromatic rings. The van der Waals surface area contributed by atoms with Gasteiger partial charge in [0.15, 0.2) is 0 Å². The maximum absolute atomic E-state index is 12.4. The van der Waals surface area contributed by atoms with E-state index in [0.717, 1.165) is 24.1 Å². The van der Waals surface area contributed by atoms with Crippen molar-refractivity contribution in [2.75, 3.05) is 6.54 Å². The average molecular weight is 348 g/mol. The fourth-order valence-corrected chi connectivity index (χ4v) is 3.10. The van der Waals surface area contributed by atoms with Gasteiger partial charge in [-0.25, -0.2) is 9.67 Å². The number of nitrogens with one attached hydrogen (secondary N) is 1. The first-order valence-electron chi connectivity index (χ1n) is 8.66. The molecule has 0 aliphatic heterocycles. The Bertz CT molecular complexity index is 888. The summed E-state index contributed by atoms with van der Waals surface area (Å²) in [5, 5.41) is 17.8. The lowest BCUT2D eigenvalue weighted by Crippen LogP contribution is -2.34. The van der Waals surface area contributed by atoms with Crippen molar-refractivity contribution in [1.29, 1.82) is 0 Å². The van der Waals surface area contributed by atoms with Crippen LogP contribution in [0.25, 0.3) is 5.69 Å². The van der Waals surface area contributed by atoms with Crippen molar-refractivity contribution in [2.45, 2.75) is 18.9 Å². The van der Waals surface area contributed by atoms with Gasteiger partial charge in [0.25, 0.3) is 5.91 Å². The smallest absolute Gasteiger partial charge is 0.290 e. The Morgan fingerprint density at radius 3 is 2.42 bits per heavy atom. The van der Waals surface area contributed by atoms with E-state index in [9.17, 15) is 9.90 Å². The summed E-state index contributed by atoms with van der Waals surface area (Å²) >= 11 is 0. The highest BCUT2D eigenvalue weighted by Gasteiger charge is 2.49. The first kappa shape index (κ1) is 16.5. The van der Waals surface area contributed by atoms with Crippen LogP contribution in [0.15, 0.2) is 67.0 Å². The Morgan fingerprint density at radius 1 is 1.12 bits per heavy atom. The Morgan fingerprint density at radius 2 is 1.77 bits per heavy atom. The Hall–Kier alpha value is -2.99. The number of hydrogen-bond donors (Lipinski definition) is 2. The highest BCUT2D eigenvalue weighted by atomic mass is 16.3. The fraction of sp³-hybridized carbons (Fsp3) is 0.250. The summed E-state index contributed by atoms with van der Waals surface area (Å²) in [6.45, 7) is 0.405. The van der Waals surface area contributed by atoms with Crippen LogP contribution in [0.2, 0.25) is 0 Å². The molecule has 1 unspecified atom stereocenters. The topological polar surface area (TPSA) is 80.0 Å². The molecule has 0 saturated heterocycles. The molecule has 1 heterocycles. The van der Waals surface area contributed by atoms with E-state index in [1.54, 1.807) is 4.68 Å². The number of aliphatic hydroxyl groups is 1. The molecule has 6 nitrogen and oxygen atoms in total. The Labute approximate surface area is 151 Å². The molecule has 0 radical (unpaired) electrons. The van der Waals surface area contributed by atoms with Gasteiger partial charge in [0.1, 0.15) is 6.33 Å². The summed E-state index contributed by atoms with van der Waals surface area (Å²) in [5.74, 6) is -0.204. The number of nitrogens with zero attached hydrogens (tertiary/aromatic N) is 3. The average Bonchev–Trinajstić information content (AvgIpc) is 3.33. The van der Waals surface area contributed by atoms with E-state index in [0.29, 0.717) is 6.54 Å². The number of rotatable bonds is 6. The molecule has 1 amide bonds. The summed E-state index contributed by atoms with van der Waals surface area (Å²) in [6.07, 6.45) is 2.71. The van der Waals surface area contributed by atoms with Crippen LogP contribution < -0.4 is 5.32 Å². The predicted molar refractivity (Wildman–Crippen MR) is 96.8 cm³/mol. The minimum atomic E-state index is -0.584. The van der Waals surface area contributed by atoms with Gasteiger partial charge in [0, 0.05) is 12.0 Å². The summed E-state index contributed by atoms with van der Waals surface area (Å²) in [4.78, 5) is 16.5. The van der Waals surface area contributed by atoms with Gasteiger partial charge in [-0.2, -0.15) is 0 Å². The summed E-state index contributed by atoms with van der Waals surface area (Å²) in [5.41, 5.74) is 1.43. The molecule has 1 atom stereocenters. The van der Waals surface area contributed by atoms with Crippen molar-refractivity contribution in [3.05, 3.63) is 78.4 Å². The summed E-state index contributed by atoms with van der Waals surface area (Å²) in [6, 6.07) is 19.1. The maximum Gasteiger partial charge on any atom is 0.290 e. The lowest BCUT2D eigenvalue weighted by molar-refractivity contribution is 0.0802. The minimum absolute atomic E-state index is 0.124. The molecule has 1 aromatic heterocycles. The largest absolute Gasteiger partial charge is 0.388 e. The van der Waals surface area contributed by atoms with Crippen LogP contribution in [0.1, 0.15) is 35.1 Å². The third kappa shape index (κ3) is 3.23. The second-order valence-electron chi connectivity index (χ2n) is 6.71. The summed E-state index contributed by atoms with van der Waals surface area (Å²) < 4.78 is 1.57. The molecule has 6 heteroatoms. The van der Waals surface area contributed by atoms with Gasteiger partial charge >= 0.3 is 0 Å². The number of para-hydroxylation sites is 1. The van der Waals surface area contributed by atoms with Crippen molar-refractivity contribution in [2.24, 2.45) is 5.41 Å². The van der Waals surface area contributed by atoms with E-state index >= 15 is 0 Å². The molecule has 1 saturated carbocycles. The number of aromatic nitrogens is 3. The molecule has 1 aliphatic carbocycles. The molecule has 1 aliphatic rings. The number of aliphatic hydroxyl groups excluding tert-OH is 1. The summed E-state index contributed by atoms with van der Waals surface area (Å²) in [7, 11) is 0. The van der Waals surface area contributed by atoms with E-state index in [2.05, 4.69) is 15.4 Å². The number of benzene rings is 2. The molecule has 0 spiro atoms. The zero-order valence-electron chi connectivity index (χ0n) is 14.2. The molecular weight excluding hydrogens is 328 g/mol. The Balaban J connectivity index is 1.41. The van der Waals surface area contributed by atoms with Gasteiger partial charge in [-0.15, -0.1) is 5.10 Å². The van der Waals surface area contributed by atoms with Crippen LogP contribution in [0.5, 0.6) is 0 Å². The van der Waals surface area contributed by atoms with E-state index in [4.69, 9.17) is 0 Å². The van der Waals surface area contributed by atoms with Crippen LogP contribution in [-0.4, -0.2) is 32.3 Å². The van der Waals surface area contributed by atoms with Gasteiger partial charge < -0.3 is 10.4 Å². The number of carbonyl (C=O) groups is 1. The molecule has 0 bridgehead atoms. The number of amides is 1. The molecule has 2 N–H and O–H groups in total. The van der Waals surface area contributed by atoms with Crippen LogP contribution in [0.3, 0.4) is 0 Å². The maximum atomic E-state index is 12.4. The number of carbonyl (C=O) groups excluding carboxylic acids is 1. The monoisotopic (exact) mass is 348 g/mol. The first-order chi connectivity index (χ1) is 12.7. The van der Waals surface area contributed by atoms with E-state index in [1.165, 1.54) is 6.33 Å². The van der Waals surface area contributed by atoms with Gasteiger partial charge in [-0.1, -0.05) is 48.5 Å². The second kappa shape index (κ2) is 6.72. The quantitative estimate of drug-likeness (QED) is 0.717. The van der Waals surface area contributed by atoms with E-state index in [-0.39, 0.29) is 17.1 Å². The van der Waals surface area contributed by atoms with Gasteiger partial charge in [-0.3, -0.25) is 4.79 Å². The van der Waals surface area contributed by atoms with Crippen LogP contribution >= 0.6 is 0 Å². The Kier molecular flexibility index (Phi) is 4.26. The lowest BCUT2D eigenvalue weighted by atomic mass is 9.92. The van der Waals surface area contributed by atoms with Crippen molar-refractivity contribution in [3.63, 3.8) is 0 Å². The van der Waals surface area contributed by atoms with Crippen molar-refractivity contribution in [3.8, 4) is 5.69 Å². The predicted octanol–water partition coefficient (Wildman–Crippen LogP) is 2.51. The zero-order chi connectivity index (χ0) is 18.0. The van der Waals surface area contributed by atoms with Crippen molar-refractivity contribution in [1.82, 2.24) is 20.1 Å². The van der Waals surface area contributed by atoms with Crippen LogP contribution in [0.4, 0.5) is 0 Å². The highest BCUT2D eigenvalue weighted by molar-refractivity contribution is 5.90. The highest BCUT2D eigenvalue weighted by Crippen LogP contribution is 2.54. The third-order valence-corrected chi connectivity index (χ3v) is 4.90. The fourth-order valence-electron chi connectivity index (χ4n) is 3.10. The van der Waals surface area contributed by atoms with Gasteiger partial charge in [0.05, 0.1) is 11.8 Å². The molecular formula is C20H20N4O2. The van der Waals surface area contributed by atoms with Crippen LogP contribution in [-0.2, 0) is 0 Å². The van der Waals surface area contributed by atoms with E-state index in [1.807, 2.05) is 60.7 Å². The molecule has 4 rings (SSSR count). The first-order valence-corrected chi connectivity index (χ1v) is 8.66. The normalized spacial score (nSPS) is 16.0. The zero-order valence-corrected chi connectivity index (χ0v) is 14.2. The molecule has 1 fully saturated rings. The van der Waals surface area contributed by atoms with Crippen molar-refractivity contribution < 1.29 is 9.90 Å². The van der Waals surface area contributed by atoms with Crippen LogP contribution in [0, 0.1) is 5.41 Å². The number of hydrogen-bond acceptors (Lipinski definition) is 4. The van der Waals surface area contributed by atoms with Crippen molar-refractivity contribution >= 4 is 5.91 Å². The SMILES string of the molecule is O=C(NCC1(C(O)c2ccccc2)CC1)c1ncn(-c2ccccc2)n1. The lowest BCUT2D eigenvalue weighted by Gasteiger charge is -2.22. The van der Waals surface area contributed by atoms with Gasteiger partial charge in [-0.05, 0) is 30.5 Å². The molecule has 132 valence electrons. The van der Waals surface area contributed by atoms with E-state index < -0.39 is 6.10 Å². The minimum Gasteiger partial charge on any atom is -0.388 e. The molecule has 2 aromatic carbocycles. The standard InChI is InChI=1S/C20H20N4O2/c25-17(15-7-3-1-4-8-15)20(11-12-20)13-21-19(26)18-22-14-24(23-18)16-9-5-2-6-10-16/h1-10,14,17,25H,11-13H2,(H,21,26). The third-order valence-electron chi connectivity index (χ3n) is 4.90.